The monoisotopic (exact) mass is 890 g/mol. The molecule has 0 aliphatic rings. The molecule has 0 amide bonds. The van der Waals surface area contributed by atoms with Crippen molar-refractivity contribution in [2.45, 2.75) is 78.6 Å². The van der Waals surface area contributed by atoms with Crippen LogP contribution in [0.4, 0.5) is 0 Å². The number of ether oxygens (including phenoxy) is 1. The van der Waals surface area contributed by atoms with Gasteiger partial charge in [-0.3, -0.25) is 0 Å². The normalized spacial score (nSPS) is 12.4. The first-order valence-corrected chi connectivity index (χ1v) is 18.5. The Balaban J connectivity index is 0.00000450. The number of aromatic nitrogens is 4. The molecule has 8 aromatic rings. The molecule has 54 heavy (non-hydrogen) atoms. The van der Waals surface area contributed by atoms with E-state index in [1.54, 1.807) is 0 Å². The Bertz CT molecular complexity index is 2650. The number of imidazole rings is 1. The zero-order valence-corrected chi connectivity index (χ0v) is 34.8. The Morgan fingerprint density at radius 3 is 1.87 bits per heavy atom. The second-order valence-electron chi connectivity index (χ2n) is 17.2. The predicted molar refractivity (Wildman–Crippen MR) is 219 cm³/mol. The number of rotatable bonds is 5. The van der Waals surface area contributed by atoms with Crippen molar-refractivity contribution in [3.8, 4) is 28.7 Å². The molecule has 0 aliphatic carbocycles. The van der Waals surface area contributed by atoms with E-state index in [4.69, 9.17) is 9.72 Å². The number of benzene rings is 5. The molecule has 0 saturated carbocycles. The van der Waals surface area contributed by atoms with Crippen LogP contribution in [0.5, 0.6) is 11.5 Å². The summed E-state index contributed by atoms with van der Waals surface area (Å²) in [5.41, 5.74) is 9.47. The van der Waals surface area contributed by atoms with Gasteiger partial charge in [0.1, 0.15) is 11.5 Å². The van der Waals surface area contributed by atoms with Gasteiger partial charge >= 0.3 is 0 Å². The van der Waals surface area contributed by atoms with Crippen LogP contribution in [0.25, 0.3) is 50.0 Å². The van der Waals surface area contributed by atoms with Crippen LogP contribution >= 0.6 is 0 Å². The van der Waals surface area contributed by atoms with Crippen LogP contribution in [0.1, 0.15) is 79.0 Å². The van der Waals surface area contributed by atoms with Crippen LogP contribution < -0.4 is 4.74 Å². The standard InChI is InChI=1S/C48H47N4O.Pt/c1-46(2,3)32-23-24-49-44(27-32)52-40-20-14-13-19-38(40)45-39(48(7,8)9)29-37(30-43(45)52)53-36-26-33(47(4,5)6)25-35(28-36)51-31-50(34-17-11-10-12-18-34)41-21-15-16-22-42(41)51;/h10-27,29,31H,1-9H3;/q-1;. The van der Waals surface area contributed by atoms with Crippen LogP contribution in [0.2, 0.25) is 0 Å². The van der Waals surface area contributed by atoms with Crippen molar-refractivity contribution in [2.75, 3.05) is 0 Å². The molecule has 0 spiro atoms. The van der Waals surface area contributed by atoms with Crippen molar-refractivity contribution < 1.29 is 25.8 Å². The summed E-state index contributed by atoms with van der Waals surface area (Å²) in [5, 5.41) is 2.34. The maximum absolute atomic E-state index is 6.92. The minimum Gasteiger partial charge on any atom is -0.508 e. The summed E-state index contributed by atoms with van der Waals surface area (Å²) in [6.45, 7) is 20.2. The molecule has 0 radical (unpaired) electrons. The van der Waals surface area contributed by atoms with Gasteiger partial charge in [-0.2, -0.15) is 4.57 Å². The smallest absolute Gasteiger partial charge is 0.168 e. The number of hydrogen-bond acceptors (Lipinski definition) is 2. The van der Waals surface area contributed by atoms with Crippen LogP contribution in [-0.2, 0) is 37.3 Å². The molecule has 0 N–H and O–H groups in total. The molecule has 5 nitrogen and oxygen atoms in total. The van der Waals surface area contributed by atoms with Crippen LogP contribution in [-0.4, -0.2) is 18.7 Å². The molecule has 0 aliphatic heterocycles. The van der Waals surface area contributed by atoms with E-state index in [9.17, 15) is 0 Å². The van der Waals surface area contributed by atoms with Crippen molar-refractivity contribution in [3.05, 3.63) is 151 Å². The average Bonchev–Trinajstić information content (AvgIpc) is 3.67. The number of fused-ring (bicyclic) bond motifs is 4. The fourth-order valence-corrected chi connectivity index (χ4v) is 7.24. The van der Waals surface area contributed by atoms with Gasteiger partial charge < -0.3 is 9.30 Å². The summed E-state index contributed by atoms with van der Waals surface area (Å²) in [7, 11) is 0. The molecular formula is C48H47N4OPt-. The van der Waals surface area contributed by atoms with Crippen LogP contribution in [0.3, 0.4) is 0 Å². The van der Waals surface area contributed by atoms with Crippen LogP contribution in [0, 0.1) is 12.1 Å². The summed E-state index contributed by atoms with van der Waals surface area (Å²) >= 11 is 0. The Hall–Kier alpha value is -4.99. The molecule has 3 heterocycles. The fraction of sp³-hybridized carbons (Fsp3) is 0.250. The first-order valence-electron chi connectivity index (χ1n) is 18.5. The molecule has 6 heteroatoms. The molecule has 3 aromatic heterocycles. The maximum atomic E-state index is 6.92. The van der Waals surface area contributed by atoms with E-state index in [2.05, 4.69) is 198 Å². The van der Waals surface area contributed by atoms with Gasteiger partial charge in [0.15, 0.2) is 17.4 Å². The van der Waals surface area contributed by atoms with E-state index >= 15 is 0 Å². The quantitative estimate of drug-likeness (QED) is 0.161. The second kappa shape index (κ2) is 13.7. The maximum Gasteiger partial charge on any atom is 0.168 e. The zero-order chi connectivity index (χ0) is 37.3. The molecule has 0 fully saturated rings. The molecular weight excluding hydrogens is 844 g/mol. The average molecular weight is 891 g/mol. The Kier molecular flexibility index (Phi) is 9.47. The van der Waals surface area contributed by atoms with Gasteiger partial charge in [-0.05, 0) is 57.5 Å². The van der Waals surface area contributed by atoms with E-state index in [-0.39, 0.29) is 37.3 Å². The zero-order valence-electron chi connectivity index (χ0n) is 32.6. The van der Waals surface area contributed by atoms with Crippen molar-refractivity contribution in [1.29, 1.82) is 0 Å². The fourth-order valence-electron chi connectivity index (χ4n) is 7.24. The topological polar surface area (TPSA) is 36.9 Å². The van der Waals surface area contributed by atoms with Gasteiger partial charge in [-0.1, -0.05) is 128 Å². The Morgan fingerprint density at radius 1 is 0.593 bits per heavy atom. The van der Waals surface area contributed by atoms with E-state index in [1.165, 1.54) is 21.9 Å². The van der Waals surface area contributed by atoms with Gasteiger partial charge in [0.2, 0.25) is 0 Å². The Labute approximate surface area is 333 Å². The van der Waals surface area contributed by atoms with Gasteiger partial charge in [-0.15, -0.1) is 35.4 Å². The first kappa shape index (κ1) is 37.3. The van der Waals surface area contributed by atoms with E-state index < -0.39 is 0 Å². The van der Waals surface area contributed by atoms with Crippen molar-refractivity contribution in [1.82, 2.24) is 18.7 Å². The largest absolute Gasteiger partial charge is 0.508 e. The summed E-state index contributed by atoms with van der Waals surface area (Å²) < 4.78 is 13.6. The molecule has 0 atom stereocenters. The molecule has 0 unspecified atom stereocenters. The summed E-state index contributed by atoms with van der Waals surface area (Å²) in [4.78, 5) is 4.92. The molecule has 276 valence electrons. The van der Waals surface area contributed by atoms with Crippen molar-refractivity contribution in [2.24, 2.45) is 0 Å². The molecule has 8 rings (SSSR count). The van der Waals surface area contributed by atoms with Gasteiger partial charge in [-0.25, -0.2) is 9.55 Å². The first-order chi connectivity index (χ1) is 25.2. The Morgan fingerprint density at radius 2 is 1.20 bits per heavy atom. The summed E-state index contributed by atoms with van der Waals surface area (Å²) in [6, 6.07) is 45.8. The number of pyridine rings is 1. The van der Waals surface area contributed by atoms with Gasteiger partial charge in [0.25, 0.3) is 0 Å². The SMILES string of the molecule is CC(C)(C)c1cc(Oc2[c-]c3c(c(C(C)(C)C)c2)c2ccccc2n3-c2cc(C(C)(C)C)ccn2)[c-]c(-n2[cH+]n(-c3ccccc3)c3ccccc32)c1.[Pt]. The number of hydrogen-bond donors (Lipinski definition) is 0. The van der Waals surface area contributed by atoms with Gasteiger partial charge in [0.05, 0.1) is 0 Å². The third-order valence-electron chi connectivity index (χ3n) is 10.2. The number of nitrogens with zero attached hydrogens (tertiary/aromatic N) is 4. The molecule has 0 saturated heterocycles. The summed E-state index contributed by atoms with van der Waals surface area (Å²) in [6.07, 6.45) is 4.07. The third-order valence-corrected chi connectivity index (χ3v) is 10.2. The molecule has 0 bridgehead atoms. The van der Waals surface area contributed by atoms with E-state index in [0.29, 0.717) is 11.5 Å². The minimum absolute atomic E-state index is 0. The van der Waals surface area contributed by atoms with Crippen LogP contribution in [0.15, 0.2) is 122 Å². The van der Waals surface area contributed by atoms with Gasteiger partial charge in [0, 0.05) is 62.1 Å². The number of para-hydroxylation sites is 4. The second-order valence-corrected chi connectivity index (χ2v) is 17.2. The van der Waals surface area contributed by atoms with E-state index in [0.717, 1.165) is 44.8 Å². The van der Waals surface area contributed by atoms with Crippen molar-refractivity contribution in [3.63, 3.8) is 0 Å². The summed E-state index contributed by atoms with van der Waals surface area (Å²) in [5.74, 6) is 2.15. The third kappa shape index (κ3) is 6.80. The molecule has 5 aromatic carbocycles. The minimum atomic E-state index is -0.182. The van der Waals surface area contributed by atoms with Crippen molar-refractivity contribution >= 4 is 32.8 Å². The predicted octanol–water partition coefficient (Wildman–Crippen LogP) is 12.5. The van der Waals surface area contributed by atoms with E-state index in [1.807, 2.05) is 12.3 Å².